The van der Waals surface area contributed by atoms with Crippen molar-refractivity contribution in [2.75, 3.05) is 26.7 Å². The van der Waals surface area contributed by atoms with Crippen molar-refractivity contribution in [3.8, 4) is 0 Å². The monoisotopic (exact) mass is 212 g/mol. The molecular weight excluding hydrogens is 192 g/mol. The van der Waals surface area contributed by atoms with Crippen LogP contribution < -0.4 is 5.32 Å². The first kappa shape index (κ1) is 10.9. The molecule has 1 aliphatic heterocycles. The summed E-state index contributed by atoms with van der Waals surface area (Å²) in [7, 11) is 1.72. The zero-order valence-electron chi connectivity index (χ0n) is 9.28. The topological polar surface area (TPSA) is 52.6 Å². The van der Waals surface area contributed by atoms with E-state index in [1.54, 1.807) is 7.05 Å². The first-order chi connectivity index (χ1) is 7.20. The lowest BCUT2D eigenvalue weighted by Gasteiger charge is -2.21. The minimum atomic E-state index is -0.741. The van der Waals surface area contributed by atoms with Crippen LogP contribution in [0.5, 0.6) is 0 Å². The third-order valence-corrected chi connectivity index (χ3v) is 3.89. The number of likely N-dealkylation sites (N-methyl/N-ethyl adjacent to an activating group) is 1. The van der Waals surface area contributed by atoms with Crippen LogP contribution in [0.2, 0.25) is 0 Å². The maximum absolute atomic E-state index is 10.9. The normalized spacial score (nSPS) is 32.9. The van der Waals surface area contributed by atoms with E-state index in [9.17, 15) is 4.79 Å². The molecule has 3 unspecified atom stereocenters. The average Bonchev–Trinajstić information content (AvgIpc) is 2.72. The number of fused-ring (bicyclic) bond motifs is 1. The van der Waals surface area contributed by atoms with Crippen molar-refractivity contribution in [3.63, 3.8) is 0 Å². The molecule has 0 bridgehead atoms. The summed E-state index contributed by atoms with van der Waals surface area (Å²) in [5.41, 5.74) is 0. The summed E-state index contributed by atoms with van der Waals surface area (Å²) < 4.78 is 0. The number of carboxylic acids is 1. The van der Waals surface area contributed by atoms with Crippen molar-refractivity contribution in [2.45, 2.75) is 25.3 Å². The molecule has 0 aromatic carbocycles. The van der Waals surface area contributed by atoms with Crippen LogP contribution in [0.25, 0.3) is 0 Å². The van der Waals surface area contributed by atoms with Gasteiger partial charge >= 0.3 is 5.97 Å². The molecule has 1 aliphatic carbocycles. The van der Waals surface area contributed by atoms with Gasteiger partial charge < -0.3 is 15.3 Å². The van der Waals surface area contributed by atoms with Crippen molar-refractivity contribution in [3.05, 3.63) is 0 Å². The summed E-state index contributed by atoms with van der Waals surface area (Å²) in [4.78, 5) is 13.2. The summed E-state index contributed by atoms with van der Waals surface area (Å²) in [6.07, 6.45) is 4.06. The van der Waals surface area contributed by atoms with Crippen LogP contribution >= 0.6 is 0 Å². The Morgan fingerprint density at radius 2 is 2.07 bits per heavy atom. The van der Waals surface area contributed by atoms with Crippen LogP contribution in [0.1, 0.15) is 19.3 Å². The number of nitrogens with zero attached hydrogens (tertiary/aromatic N) is 1. The molecule has 0 radical (unpaired) electrons. The van der Waals surface area contributed by atoms with Crippen LogP contribution in [0, 0.1) is 11.8 Å². The highest BCUT2D eigenvalue weighted by molar-refractivity contribution is 5.73. The number of hydrogen-bond donors (Lipinski definition) is 2. The Hall–Kier alpha value is -0.610. The van der Waals surface area contributed by atoms with E-state index in [-0.39, 0.29) is 0 Å². The lowest BCUT2D eigenvalue weighted by atomic mass is 10.0. The van der Waals surface area contributed by atoms with Gasteiger partial charge in [0.05, 0.1) is 0 Å². The number of rotatable bonds is 4. The Morgan fingerprint density at radius 3 is 2.53 bits per heavy atom. The van der Waals surface area contributed by atoms with Gasteiger partial charge in [0.1, 0.15) is 6.04 Å². The molecule has 3 atom stereocenters. The Kier molecular flexibility index (Phi) is 3.26. The highest BCUT2D eigenvalue weighted by atomic mass is 16.4. The molecule has 0 aromatic rings. The van der Waals surface area contributed by atoms with E-state index in [0.29, 0.717) is 6.54 Å². The smallest absolute Gasteiger partial charge is 0.322 e. The zero-order valence-corrected chi connectivity index (χ0v) is 9.28. The van der Waals surface area contributed by atoms with Gasteiger partial charge in [-0.15, -0.1) is 0 Å². The molecule has 2 rings (SSSR count). The Morgan fingerprint density at radius 1 is 1.47 bits per heavy atom. The van der Waals surface area contributed by atoms with Crippen LogP contribution in [0.3, 0.4) is 0 Å². The lowest BCUT2D eigenvalue weighted by Crippen LogP contribution is -2.44. The molecule has 0 amide bonds. The number of aliphatic carboxylic acids is 1. The Labute approximate surface area is 90.6 Å². The third-order valence-electron chi connectivity index (χ3n) is 3.89. The first-order valence-corrected chi connectivity index (χ1v) is 5.83. The summed E-state index contributed by atoms with van der Waals surface area (Å²) in [5, 5.41) is 11.8. The number of carboxylic acid groups (broad SMARTS) is 1. The van der Waals surface area contributed by atoms with Gasteiger partial charge in [-0.1, -0.05) is 6.42 Å². The maximum atomic E-state index is 10.9. The van der Waals surface area contributed by atoms with E-state index in [4.69, 9.17) is 5.11 Å². The molecular formula is C11H20N2O2. The fraction of sp³-hybridized carbons (Fsp3) is 0.909. The molecule has 4 heteroatoms. The van der Waals surface area contributed by atoms with Crippen LogP contribution in [0.15, 0.2) is 0 Å². The van der Waals surface area contributed by atoms with Gasteiger partial charge in [-0.25, -0.2) is 0 Å². The molecule has 1 heterocycles. The molecule has 2 aliphatic rings. The van der Waals surface area contributed by atoms with Gasteiger partial charge in [0.15, 0.2) is 0 Å². The summed E-state index contributed by atoms with van der Waals surface area (Å²) in [5.74, 6) is 0.946. The zero-order chi connectivity index (χ0) is 10.8. The predicted octanol–water partition coefficient (Wildman–Crippen LogP) is 0.391. The lowest BCUT2D eigenvalue weighted by molar-refractivity contribution is -0.139. The largest absolute Gasteiger partial charge is 0.480 e. The summed E-state index contributed by atoms with van der Waals surface area (Å²) in [6, 6.07) is -0.413. The van der Waals surface area contributed by atoms with Gasteiger partial charge in [-0.3, -0.25) is 4.79 Å². The van der Waals surface area contributed by atoms with Crippen molar-refractivity contribution in [1.82, 2.24) is 10.2 Å². The number of nitrogens with one attached hydrogen (secondary N) is 1. The average molecular weight is 212 g/mol. The summed E-state index contributed by atoms with van der Waals surface area (Å²) in [6.45, 7) is 2.87. The molecule has 15 heavy (non-hydrogen) atoms. The number of hydrogen-bond acceptors (Lipinski definition) is 3. The Balaban J connectivity index is 1.83. The van der Waals surface area contributed by atoms with E-state index in [1.807, 2.05) is 0 Å². The predicted molar refractivity (Wildman–Crippen MR) is 57.8 cm³/mol. The van der Waals surface area contributed by atoms with E-state index in [1.165, 1.54) is 19.3 Å². The number of carbonyl (C=O) groups is 1. The fourth-order valence-electron chi connectivity index (χ4n) is 3.03. The second-order valence-electron chi connectivity index (χ2n) is 4.85. The Bertz CT molecular complexity index is 233. The fourth-order valence-corrected chi connectivity index (χ4v) is 3.03. The van der Waals surface area contributed by atoms with Crippen LogP contribution in [0.4, 0.5) is 0 Å². The van der Waals surface area contributed by atoms with Crippen molar-refractivity contribution >= 4 is 5.97 Å². The van der Waals surface area contributed by atoms with E-state index in [2.05, 4.69) is 10.2 Å². The molecule has 1 saturated heterocycles. The van der Waals surface area contributed by atoms with Gasteiger partial charge in [0.2, 0.25) is 0 Å². The quantitative estimate of drug-likeness (QED) is 0.708. The third kappa shape index (κ3) is 2.32. The number of likely N-dealkylation sites (tertiary alicyclic amines) is 1. The van der Waals surface area contributed by atoms with Gasteiger partial charge in [0.25, 0.3) is 0 Å². The minimum Gasteiger partial charge on any atom is -0.480 e. The van der Waals surface area contributed by atoms with Crippen molar-refractivity contribution < 1.29 is 9.90 Å². The minimum absolute atomic E-state index is 0.413. The van der Waals surface area contributed by atoms with E-state index in [0.717, 1.165) is 24.9 Å². The van der Waals surface area contributed by atoms with Gasteiger partial charge in [-0.2, -0.15) is 0 Å². The highest BCUT2D eigenvalue weighted by Crippen LogP contribution is 2.37. The van der Waals surface area contributed by atoms with Gasteiger partial charge in [0, 0.05) is 19.6 Å². The van der Waals surface area contributed by atoms with Crippen LogP contribution in [-0.4, -0.2) is 48.7 Å². The SMILES string of the molecule is CNC(CN1CC2CCCC2C1)C(=O)O. The molecule has 1 saturated carbocycles. The van der Waals surface area contributed by atoms with E-state index >= 15 is 0 Å². The van der Waals surface area contributed by atoms with Crippen LogP contribution in [-0.2, 0) is 4.79 Å². The molecule has 0 aromatic heterocycles. The van der Waals surface area contributed by atoms with E-state index < -0.39 is 12.0 Å². The van der Waals surface area contributed by atoms with Crippen molar-refractivity contribution in [2.24, 2.45) is 11.8 Å². The first-order valence-electron chi connectivity index (χ1n) is 5.83. The maximum Gasteiger partial charge on any atom is 0.322 e. The molecule has 86 valence electrons. The second-order valence-corrected chi connectivity index (χ2v) is 4.85. The molecule has 4 nitrogen and oxygen atoms in total. The molecule has 2 N–H and O–H groups in total. The molecule has 0 spiro atoms. The summed E-state index contributed by atoms with van der Waals surface area (Å²) >= 11 is 0. The van der Waals surface area contributed by atoms with Gasteiger partial charge in [-0.05, 0) is 31.7 Å². The standard InChI is InChI=1S/C11H20N2O2/c1-12-10(11(14)15)7-13-5-8-3-2-4-9(8)6-13/h8-10,12H,2-7H2,1H3,(H,14,15). The van der Waals surface area contributed by atoms with Crippen molar-refractivity contribution in [1.29, 1.82) is 0 Å². The highest BCUT2D eigenvalue weighted by Gasteiger charge is 2.37. The molecule has 2 fully saturated rings. The second kappa shape index (κ2) is 4.49.